The molecule has 2 aliphatic rings. The number of ether oxygens (including phenoxy) is 2. The van der Waals surface area contributed by atoms with Crippen LogP contribution in [0.25, 0.3) is 0 Å². The van der Waals surface area contributed by atoms with Gasteiger partial charge in [-0.15, -0.1) is 0 Å². The number of rotatable bonds is 5. The standard InChI is InChI=1S/C27H26FN3O4/c28-22-8-4-5-9-23(22)30-27(33)31-15-20(19-6-2-1-3-7-19)13-21(16-31)26(32)29-14-18-10-11-24-25(12-18)35-17-34-24/h1-12,20-21H,13-17H2,(H,29,32)(H,30,33)/t20-,21-/m0/s1. The molecule has 2 N–H and O–H groups in total. The van der Waals surface area contributed by atoms with E-state index in [0.717, 1.165) is 11.1 Å². The molecular weight excluding hydrogens is 449 g/mol. The lowest BCUT2D eigenvalue weighted by molar-refractivity contribution is -0.126. The van der Waals surface area contributed by atoms with Crippen molar-refractivity contribution in [2.45, 2.75) is 18.9 Å². The highest BCUT2D eigenvalue weighted by atomic mass is 19.1. The lowest BCUT2D eigenvalue weighted by atomic mass is 9.84. The fourth-order valence-corrected chi connectivity index (χ4v) is 4.56. The predicted molar refractivity (Wildman–Crippen MR) is 129 cm³/mol. The van der Waals surface area contributed by atoms with Crippen molar-refractivity contribution in [2.24, 2.45) is 5.92 Å². The van der Waals surface area contributed by atoms with Crippen LogP contribution >= 0.6 is 0 Å². The van der Waals surface area contributed by atoms with Crippen LogP contribution < -0.4 is 20.1 Å². The molecule has 0 unspecified atom stereocenters. The number of urea groups is 1. The first-order valence-corrected chi connectivity index (χ1v) is 11.6. The summed E-state index contributed by atoms with van der Waals surface area (Å²) in [5.41, 5.74) is 2.07. The van der Waals surface area contributed by atoms with Gasteiger partial charge in [-0.25, -0.2) is 9.18 Å². The molecule has 0 aliphatic carbocycles. The Hall–Kier alpha value is -4.07. The van der Waals surface area contributed by atoms with Gasteiger partial charge in [0.05, 0.1) is 11.6 Å². The summed E-state index contributed by atoms with van der Waals surface area (Å²) in [5, 5.41) is 5.64. The van der Waals surface area contributed by atoms with Gasteiger partial charge in [-0.1, -0.05) is 48.5 Å². The van der Waals surface area contributed by atoms with E-state index in [4.69, 9.17) is 9.47 Å². The normalized spacial score (nSPS) is 18.7. The number of para-hydroxylation sites is 1. The topological polar surface area (TPSA) is 79.9 Å². The molecule has 3 aromatic rings. The molecule has 0 bridgehead atoms. The number of likely N-dealkylation sites (tertiary alicyclic amines) is 1. The fraction of sp³-hybridized carbons (Fsp3) is 0.259. The first-order valence-electron chi connectivity index (χ1n) is 11.6. The zero-order valence-electron chi connectivity index (χ0n) is 19.1. The van der Waals surface area contributed by atoms with Crippen LogP contribution in [0, 0.1) is 11.7 Å². The number of carbonyl (C=O) groups excluding carboxylic acids is 2. The van der Waals surface area contributed by atoms with Crippen molar-refractivity contribution in [1.29, 1.82) is 0 Å². The highest BCUT2D eigenvalue weighted by Crippen LogP contribution is 2.33. The van der Waals surface area contributed by atoms with E-state index < -0.39 is 17.8 Å². The number of amides is 3. The Morgan fingerprint density at radius 1 is 0.943 bits per heavy atom. The maximum Gasteiger partial charge on any atom is 0.321 e. The zero-order valence-corrected chi connectivity index (χ0v) is 19.1. The maximum absolute atomic E-state index is 14.1. The molecule has 7 nitrogen and oxygen atoms in total. The minimum absolute atomic E-state index is 0.0161. The first kappa shape index (κ1) is 22.7. The summed E-state index contributed by atoms with van der Waals surface area (Å²) in [6, 6.07) is 21.0. The lowest BCUT2D eigenvalue weighted by Crippen LogP contribution is -2.49. The predicted octanol–water partition coefficient (Wildman–Crippen LogP) is 4.51. The molecule has 1 saturated heterocycles. The Morgan fingerprint density at radius 3 is 2.54 bits per heavy atom. The molecule has 1 fully saturated rings. The van der Waals surface area contributed by atoms with Gasteiger partial charge in [0.2, 0.25) is 12.7 Å². The highest BCUT2D eigenvalue weighted by molar-refractivity contribution is 5.90. The molecule has 0 radical (unpaired) electrons. The van der Waals surface area contributed by atoms with Crippen molar-refractivity contribution in [2.75, 3.05) is 25.2 Å². The Labute approximate surface area is 202 Å². The first-order chi connectivity index (χ1) is 17.1. The average Bonchev–Trinajstić information content (AvgIpc) is 3.37. The van der Waals surface area contributed by atoms with Gasteiger partial charge in [0.15, 0.2) is 11.5 Å². The minimum atomic E-state index is -0.504. The summed E-state index contributed by atoms with van der Waals surface area (Å²) in [6.07, 6.45) is 0.612. The van der Waals surface area contributed by atoms with Gasteiger partial charge in [-0.2, -0.15) is 0 Å². The third-order valence-corrected chi connectivity index (χ3v) is 6.40. The number of nitrogens with zero attached hydrogens (tertiary/aromatic N) is 1. The van der Waals surface area contributed by atoms with Gasteiger partial charge >= 0.3 is 6.03 Å². The van der Waals surface area contributed by atoms with E-state index in [1.54, 1.807) is 17.0 Å². The lowest BCUT2D eigenvalue weighted by Gasteiger charge is -2.37. The molecule has 0 saturated carbocycles. The Kier molecular flexibility index (Phi) is 6.52. The van der Waals surface area contributed by atoms with Gasteiger partial charge in [0.1, 0.15) is 5.82 Å². The van der Waals surface area contributed by atoms with E-state index in [9.17, 15) is 14.0 Å². The van der Waals surface area contributed by atoms with Gasteiger partial charge in [0, 0.05) is 25.6 Å². The molecule has 180 valence electrons. The van der Waals surface area contributed by atoms with Crippen LogP contribution in [0.1, 0.15) is 23.5 Å². The Bertz CT molecular complexity index is 1220. The van der Waals surface area contributed by atoms with Gasteiger partial charge in [-0.05, 0) is 41.8 Å². The molecule has 8 heteroatoms. The summed E-state index contributed by atoms with van der Waals surface area (Å²) >= 11 is 0. The number of anilines is 1. The van der Waals surface area contributed by atoms with Crippen LogP contribution in [0.4, 0.5) is 14.9 Å². The second kappa shape index (κ2) is 10.0. The van der Waals surface area contributed by atoms with Crippen molar-refractivity contribution < 1.29 is 23.5 Å². The summed E-state index contributed by atoms with van der Waals surface area (Å²) in [4.78, 5) is 27.8. The fourth-order valence-electron chi connectivity index (χ4n) is 4.56. The summed E-state index contributed by atoms with van der Waals surface area (Å²) in [5.74, 6) is 0.290. The molecule has 0 aromatic heterocycles. The van der Waals surface area contributed by atoms with Crippen molar-refractivity contribution in [3.8, 4) is 11.5 Å². The van der Waals surface area contributed by atoms with Crippen molar-refractivity contribution >= 4 is 17.6 Å². The summed E-state index contributed by atoms with van der Waals surface area (Å²) < 4.78 is 24.8. The molecule has 5 rings (SSSR count). The van der Waals surface area contributed by atoms with Crippen LogP contribution in [0.3, 0.4) is 0 Å². The number of benzene rings is 3. The largest absolute Gasteiger partial charge is 0.454 e. The van der Waals surface area contributed by atoms with E-state index in [2.05, 4.69) is 10.6 Å². The Balaban J connectivity index is 1.29. The van der Waals surface area contributed by atoms with E-state index >= 15 is 0 Å². The third kappa shape index (κ3) is 5.21. The number of nitrogens with one attached hydrogen (secondary N) is 2. The minimum Gasteiger partial charge on any atom is -0.454 e. The van der Waals surface area contributed by atoms with Crippen LogP contribution in [0.2, 0.25) is 0 Å². The zero-order chi connectivity index (χ0) is 24.2. The van der Waals surface area contributed by atoms with Crippen LogP contribution in [-0.4, -0.2) is 36.7 Å². The number of hydrogen-bond acceptors (Lipinski definition) is 4. The number of halogens is 1. The van der Waals surface area contributed by atoms with Gasteiger partial charge < -0.3 is 25.0 Å². The van der Waals surface area contributed by atoms with Crippen molar-refractivity contribution in [3.05, 3.63) is 89.7 Å². The van der Waals surface area contributed by atoms with E-state index in [-0.39, 0.29) is 30.9 Å². The number of piperidine rings is 1. The van der Waals surface area contributed by atoms with E-state index in [0.29, 0.717) is 31.0 Å². The molecular formula is C27H26FN3O4. The second-order valence-corrected chi connectivity index (χ2v) is 8.76. The molecule has 0 spiro atoms. The van der Waals surface area contributed by atoms with Crippen molar-refractivity contribution in [1.82, 2.24) is 10.2 Å². The molecule has 2 atom stereocenters. The molecule has 3 aromatic carbocycles. The van der Waals surface area contributed by atoms with Gasteiger partial charge in [-0.3, -0.25) is 4.79 Å². The highest BCUT2D eigenvalue weighted by Gasteiger charge is 2.34. The molecule has 35 heavy (non-hydrogen) atoms. The SMILES string of the molecule is O=C(NCc1ccc2c(c1)OCO2)[C@H]1C[C@H](c2ccccc2)CN(C(=O)Nc2ccccc2F)C1. The van der Waals surface area contributed by atoms with Crippen LogP contribution in [0.15, 0.2) is 72.8 Å². The van der Waals surface area contributed by atoms with Gasteiger partial charge in [0.25, 0.3) is 0 Å². The van der Waals surface area contributed by atoms with Crippen LogP contribution in [-0.2, 0) is 11.3 Å². The second-order valence-electron chi connectivity index (χ2n) is 8.76. The summed E-state index contributed by atoms with van der Waals surface area (Å²) in [6.45, 7) is 1.22. The monoisotopic (exact) mass is 475 g/mol. The molecule has 2 aliphatic heterocycles. The molecule has 2 heterocycles. The van der Waals surface area contributed by atoms with E-state index in [1.807, 2.05) is 48.5 Å². The van der Waals surface area contributed by atoms with Crippen molar-refractivity contribution in [3.63, 3.8) is 0 Å². The average molecular weight is 476 g/mol. The van der Waals surface area contributed by atoms with Crippen LogP contribution in [0.5, 0.6) is 11.5 Å². The maximum atomic E-state index is 14.1. The number of hydrogen-bond donors (Lipinski definition) is 2. The Morgan fingerprint density at radius 2 is 1.71 bits per heavy atom. The smallest absolute Gasteiger partial charge is 0.321 e. The number of fused-ring (bicyclic) bond motifs is 1. The molecule has 3 amide bonds. The number of carbonyl (C=O) groups is 2. The summed E-state index contributed by atoms with van der Waals surface area (Å²) in [7, 11) is 0. The third-order valence-electron chi connectivity index (χ3n) is 6.40. The quantitative estimate of drug-likeness (QED) is 0.569. The van der Waals surface area contributed by atoms with E-state index in [1.165, 1.54) is 12.1 Å².